The van der Waals surface area contributed by atoms with Gasteiger partial charge in [0.05, 0.1) is 42.3 Å². The Morgan fingerprint density at radius 1 is 1.00 bits per heavy atom. The van der Waals surface area contributed by atoms with E-state index in [4.69, 9.17) is 21.1 Å². The highest BCUT2D eigenvalue weighted by molar-refractivity contribution is 7.92. The van der Waals surface area contributed by atoms with Crippen LogP contribution in [0.4, 0.5) is 0 Å². The highest BCUT2D eigenvalue weighted by Crippen LogP contribution is 2.44. The molecule has 6 rings (SSSR count). The van der Waals surface area contributed by atoms with E-state index in [0.717, 1.165) is 8.28 Å². The van der Waals surface area contributed by atoms with Gasteiger partial charge in [0, 0.05) is 37.5 Å². The van der Waals surface area contributed by atoms with Gasteiger partial charge in [-0.05, 0) is 49.2 Å². The Bertz CT molecular complexity index is 1820. The summed E-state index contributed by atoms with van der Waals surface area (Å²) in [6.07, 6.45) is 0.942. The molecule has 230 valence electrons. The third kappa shape index (κ3) is 4.93. The lowest BCUT2D eigenvalue weighted by Crippen LogP contribution is -2.65. The summed E-state index contributed by atoms with van der Waals surface area (Å²) in [4.78, 5) is 28.7. The minimum atomic E-state index is -4.61. The van der Waals surface area contributed by atoms with Crippen LogP contribution in [0, 0.1) is 0 Å². The molecule has 12 nitrogen and oxygen atoms in total. The van der Waals surface area contributed by atoms with Crippen molar-refractivity contribution in [3.8, 4) is 0 Å². The zero-order chi connectivity index (χ0) is 30.8. The van der Waals surface area contributed by atoms with Crippen molar-refractivity contribution in [3.63, 3.8) is 0 Å². The van der Waals surface area contributed by atoms with Crippen LogP contribution in [-0.4, -0.2) is 104 Å². The number of likely N-dealkylation sites (tertiary alicyclic amines) is 1. The number of rotatable bonds is 6. The fourth-order valence-electron chi connectivity index (χ4n) is 6.35. The van der Waals surface area contributed by atoms with Crippen molar-refractivity contribution in [3.05, 3.63) is 59.6 Å². The summed E-state index contributed by atoms with van der Waals surface area (Å²) in [7, 11) is -7.57. The van der Waals surface area contributed by atoms with Crippen LogP contribution in [0.5, 0.6) is 0 Å². The second-order valence-electron chi connectivity index (χ2n) is 11.2. The first-order valence-electron chi connectivity index (χ1n) is 13.7. The number of carbonyl (C=O) groups is 2. The zero-order valence-corrected chi connectivity index (χ0v) is 26.0. The van der Waals surface area contributed by atoms with Crippen LogP contribution < -0.4 is 0 Å². The van der Waals surface area contributed by atoms with Crippen LogP contribution in [0.25, 0.3) is 10.9 Å². The van der Waals surface area contributed by atoms with E-state index in [-0.39, 0.29) is 36.0 Å². The van der Waals surface area contributed by atoms with E-state index in [1.165, 1.54) is 55.3 Å². The molecule has 2 amide bonds. The van der Waals surface area contributed by atoms with Gasteiger partial charge in [0.2, 0.25) is 11.8 Å². The van der Waals surface area contributed by atoms with E-state index in [9.17, 15) is 26.4 Å². The van der Waals surface area contributed by atoms with Crippen molar-refractivity contribution in [2.75, 3.05) is 46.4 Å². The number of ether oxygens (including phenoxy) is 2. The Labute approximate surface area is 254 Å². The van der Waals surface area contributed by atoms with E-state index in [0.29, 0.717) is 36.3 Å². The molecule has 43 heavy (non-hydrogen) atoms. The molecule has 1 atom stereocenters. The number of aromatic nitrogens is 1. The third-order valence-electron chi connectivity index (χ3n) is 8.44. The number of carbonyl (C=O) groups excluding carboxylic acids is 2. The summed E-state index contributed by atoms with van der Waals surface area (Å²) in [6, 6.07) is 13.2. The first-order chi connectivity index (χ1) is 20.3. The lowest BCUT2D eigenvalue weighted by molar-refractivity contribution is -0.197. The van der Waals surface area contributed by atoms with Gasteiger partial charge in [-0.15, -0.1) is 0 Å². The van der Waals surface area contributed by atoms with Gasteiger partial charge < -0.3 is 19.3 Å². The maximum absolute atomic E-state index is 14.4. The van der Waals surface area contributed by atoms with Crippen LogP contribution in [0.1, 0.15) is 19.8 Å². The molecule has 0 N–H and O–H groups in total. The lowest BCUT2D eigenvalue weighted by atomic mass is 9.91. The molecular formula is C28H31ClN4O8S2. The van der Waals surface area contributed by atoms with Crippen LogP contribution in [-0.2, 0) is 39.1 Å². The van der Waals surface area contributed by atoms with E-state index in [2.05, 4.69) is 0 Å². The van der Waals surface area contributed by atoms with Crippen LogP contribution >= 0.6 is 11.6 Å². The second kappa shape index (κ2) is 10.6. The third-order valence-corrected chi connectivity index (χ3v) is 12.3. The standard InChI is InChI=1S/C28H31ClN4O8S2/c1-20(34)30-12-10-27(11-13-30)17-32-25(35)16-31(18-28(32,41-27)19-40-2)43(38,39)26-15-21-14-22(29)8-9-24(21)33(26)42(36,37)23-6-4-3-5-7-23/h3-9,14-15H,10-13,16-19H2,1-2H3. The molecule has 15 heteroatoms. The molecule has 1 unspecified atom stereocenters. The normalized spacial score (nSPS) is 22.8. The summed E-state index contributed by atoms with van der Waals surface area (Å²) < 4.78 is 70.5. The predicted molar refractivity (Wildman–Crippen MR) is 156 cm³/mol. The van der Waals surface area contributed by atoms with Gasteiger partial charge in [0.1, 0.15) is 0 Å². The molecule has 0 bridgehead atoms. The summed E-state index contributed by atoms with van der Waals surface area (Å²) in [5, 5.41) is 0.0781. The Hall–Kier alpha value is -3.01. The number of piperidine rings is 1. The van der Waals surface area contributed by atoms with Crippen molar-refractivity contribution in [2.45, 2.75) is 41.0 Å². The number of amides is 2. The number of hydrogen-bond donors (Lipinski definition) is 0. The number of hydrogen-bond acceptors (Lipinski definition) is 8. The number of methoxy groups -OCH3 is 1. The molecule has 3 aromatic rings. The first-order valence-corrected chi connectivity index (χ1v) is 16.9. The number of piperazine rings is 1. The Morgan fingerprint density at radius 3 is 2.35 bits per heavy atom. The van der Waals surface area contributed by atoms with Crippen molar-refractivity contribution in [1.29, 1.82) is 0 Å². The molecule has 1 aromatic heterocycles. The smallest absolute Gasteiger partial charge is 0.269 e. The fraction of sp³-hybridized carbons (Fsp3) is 0.429. The van der Waals surface area contributed by atoms with E-state index < -0.39 is 48.9 Å². The summed E-state index contributed by atoms with van der Waals surface area (Å²) >= 11 is 6.18. The molecular weight excluding hydrogens is 620 g/mol. The lowest BCUT2D eigenvalue weighted by Gasteiger charge is -2.44. The molecule has 3 aliphatic rings. The summed E-state index contributed by atoms with van der Waals surface area (Å²) in [5.74, 6) is -0.540. The molecule has 3 fully saturated rings. The van der Waals surface area contributed by atoms with Gasteiger partial charge in [0.15, 0.2) is 10.8 Å². The van der Waals surface area contributed by atoms with Crippen LogP contribution in [0.15, 0.2) is 64.5 Å². The maximum atomic E-state index is 14.4. The average molecular weight is 651 g/mol. The molecule has 0 aliphatic carbocycles. The Balaban J connectivity index is 1.42. The zero-order valence-electron chi connectivity index (χ0n) is 23.6. The quantitative estimate of drug-likeness (QED) is 0.396. The molecule has 2 aromatic carbocycles. The Morgan fingerprint density at radius 2 is 1.70 bits per heavy atom. The predicted octanol–water partition coefficient (Wildman–Crippen LogP) is 2.12. The molecule has 0 radical (unpaired) electrons. The highest BCUT2D eigenvalue weighted by Gasteiger charge is 2.61. The minimum Gasteiger partial charge on any atom is -0.380 e. The Kier molecular flexibility index (Phi) is 7.38. The number of nitrogens with zero attached hydrogens (tertiary/aromatic N) is 4. The van der Waals surface area contributed by atoms with Crippen molar-refractivity contribution in [1.82, 2.24) is 18.1 Å². The maximum Gasteiger partial charge on any atom is 0.269 e. The van der Waals surface area contributed by atoms with Crippen molar-refractivity contribution < 1.29 is 35.9 Å². The fourth-order valence-corrected chi connectivity index (χ4v) is 10.0. The van der Waals surface area contributed by atoms with Gasteiger partial charge in [-0.2, -0.15) is 4.31 Å². The van der Waals surface area contributed by atoms with Gasteiger partial charge in [-0.3, -0.25) is 9.59 Å². The van der Waals surface area contributed by atoms with Crippen molar-refractivity contribution in [2.24, 2.45) is 0 Å². The molecule has 1 spiro atoms. The van der Waals surface area contributed by atoms with Gasteiger partial charge in [0.25, 0.3) is 20.0 Å². The molecule has 3 saturated heterocycles. The molecule has 3 aliphatic heterocycles. The van der Waals surface area contributed by atoms with E-state index in [1.54, 1.807) is 23.1 Å². The number of benzene rings is 2. The number of halogens is 1. The van der Waals surface area contributed by atoms with Gasteiger partial charge >= 0.3 is 0 Å². The monoisotopic (exact) mass is 650 g/mol. The largest absolute Gasteiger partial charge is 0.380 e. The molecule has 4 heterocycles. The highest BCUT2D eigenvalue weighted by atomic mass is 35.5. The van der Waals surface area contributed by atoms with Gasteiger partial charge in [-0.1, -0.05) is 29.8 Å². The average Bonchev–Trinajstić information content (AvgIpc) is 3.51. The number of fused-ring (bicyclic) bond motifs is 2. The minimum absolute atomic E-state index is 0.0485. The van der Waals surface area contributed by atoms with Crippen LogP contribution in [0.3, 0.4) is 0 Å². The first kappa shape index (κ1) is 30.0. The summed E-state index contributed by atoms with van der Waals surface area (Å²) in [5.41, 5.74) is -2.09. The van der Waals surface area contributed by atoms with Crippen molar-refractivity contribution >= 4 is 54.4 Å². The number of sulfonamides is 1. The second-order valence-corrected chi connectivity index (χ2v) is 15.3. The van der Waals surface area contributed by atoms with E-state index in [1.807, 2.05) is 0 Å². The summed E-state index contributed by atoms with van der Waals surface area (Å²) in [6.45, 7) is 1.73. The molecule has 0 saturated carbocycles. The van der Waals surface area contributed by atoms with Crippen LogP contribution in [0.2, 0.25) is 5.02 Å². The SMILES string of the molecule is COCC12CN(S(=O)(=O)c3cc4cc(Cl)ccc4n3S(=O)(=O)c3ccccc3)CC(=O)N1CC1(CCN(C(C)=O)CC1)O2. The topological polar surface area (TPSA) is 136 Å². The van der Waals surface area contributed by atoms with Gasteiger partial charge in [-0.25, -0.2) is 20.8 Å². The van der Waals surface area contributed by atoms with E-state index >= 15 is 0 Å².